The molecule has 0 amide bonds. The summed E-state index contributed by atoms with van der Waals surface area (Å²) >= 11 is 0. The third-order valence-electron chi connectivity index (χ3n) is 4.55. The van der Waals surface area contributed by atoms with E-state index in [0.717, 1.165) is 16.6 Å². The standard InChI is InChI=1S/C19H22N8O2S/c1-13(2)30(28,29)25-17-7-5-4-6-14(17)11-27-18-15(9-22-27)8-20-19(24-18)23-16-10-21-26(3)12-16/h4-10,12-13,25H,11H2,1-3H3,(H,20,23,24). The molecule has 0 saturated heterocycles. The maximum atomic E-state index is 12.3. The van der Waals surface area contributed by atoms with Crippen LogP contribution in [0.1, 0.15) is 19.4 Å². The van der Waals surface area contributed by atoms with E-state index in [1.54, 1.807) is 53.9 Å². The highest BCUT2D eigenvalue weighted by Gasteiger charge is 2.18. The summed E-state index contributed by atoms with van der Waals surface area (Å²) in [6.07, 6.45) is 6.88. The minimum Gasteiger partial charge on any atom is -0.321 e. The zero-order chi connectivity index (χ0) is 21.3. The van der Waals surface area contributed by atoms with Crippen molar-refractivity contribution in [2.75, 3.05) is 10.0 Å². The molecule has 10 nitrogen and oxygen atoms in total. The summed E-state index contributed by atoms with van der Waals surface area (Å²) < 4.78 is 30.7. The van der Waals surface area contributed by atoms with Crippen molar-refractivity contribution in [1.82, 2.24) is 29.5 Å². The van der Waals surface area contributed by atoms with Gasteiger partial charge in [-0.15, -0.1) is 0 Å². The van der Waals surface area contributed by atoms with Crippen molar-refractivity contribution >= 4 is 38.4 Å². The Morgan fingerprint density at radius 2 is 1.90 bits per heavy atom. The number of para-hydroxylation sites is 1. The molecule has 0 atom stereocenters. The number of hydrogen-bond donors (Lipinski definition) is 2. The summed E-state index contributed by atoms with van der Waals surface area (Å²) in [5.74, 6) is 0.422. The van der Waals surface area contributed by atoms with Crippen molar-refractivity contribution < 1.29 is 8.42 Å². The predicted octanol–water partition coefficient (Wildman–Crippen LogP) is 2.50. The van der Waals surface area contributed by atoms with Gasteiger partial charge in [-0.3, -0.25) is 9.40 Å². The Bertz CT molecular complexity index is 1290. The van der Waals surface area contributed by atoms with Crippen LogP contribution >= 0.6 is 0 Å². The SMILES string of the molecule is CC(C)S(=O)(=O)Nc1ccccc1Cn1ncc2cnc(Nc3cnn(C)c3)nc21. The van der Waals surface area contributed by atoms with Crippen molar-refractivity contribution in [3.63, 3.8) is 0 Å². The molecule has 0 spiro atoms. The van der Waals surface area contributed by atoms with Gasteiger partial charge in [0.25, 0.3) is 0 Å². The summed E-state index contributed by atoms with van der Waals surface area (Å²) in [6, 6.07) is 7.26. The van der Waals surface area contributed by atoms with Crippen LogP contribution in [0.5, 0.6) is 0 Å². The highest BCUT2D eigenvalue weighted by molar-refractivity contribution is 7.93. The fourth-order valence-electron chi connectivity index (χ4n) is 2.85. The van der Waals surface area contributed by atoms with E-state index in [1.165, 1.54) is 0 Å². The van der Waals surface area contributed by atoms with Crippen molar-refractivity contribution in [1.29, 1.82) is 0 Å². The van der Waals surface area contributed by atoms with Gasteiger partial charge in [-0.1, -0.05) is 18.2 Å². The van der Waals surface area contributed by atoms with E-state index in [1.807, 2.05) is 25.4 Å². The van der Waals surface area contributed by atoms with Crippen molar-refractivity contribution in [3.05, 3.63) is 54.6 Å². The first-order valence-electron chi connectivity index (χ1n) is 9.35. The van der Waals surface area contributed by atoms with E-state index in [4.69, 9.17) is 0 Å². The van der Waals surface area contributed by atoms with Gasteiger partial charge in [0, 0.05) is 19.4 Å². The van der Waals surface area contributed by atoms with Crippen LogP contribution in [-0.2, 0) is 23.6 Å². The highest BCUT2D eigenvalue weighted by atomic mass is 32.2. The second kappa shape index (κ2) is 7.75. The van der Waals surface area contributed by atoms with Crippen LogP contribution in [0.2, 0.25) is 0 Å². The number of benzene rings is 1. The van der Waals surface area contributed by atoms with Crippen LogP contribution in [0.3, 0.4) is 0 Å². The molecule has 0 fully saturated rings. The number of anilines is 3. The first-order chi connectivity index (χ1) is 14.3. The lowest BCUT2D eigenvalue weighted by molar-refractivity contribution is 0.592. The number of fused-ring (bicyclic) bond motifs is 1. The van der Waals surface area contributed by atoms with Crippen LogP contribution in [0.4, 0.5) is 17.3 Å². The van der Waals surface area contributed by atoms with Crippen molar-refractivity contribution in [2.24, 2.45) is 7.05 Å². The molecule has 0 aliphatic rings. The Labute approximate surface area is 174 Å². The van der Waals surface area contributed by atoms with E-state index >= 15 is 0 Å². The maximum absolute atomic E-state index is 12.3. The summed E-state index contributed by atoms with van der Waals surface area (Å²) in [5.41, 5.74) is 2.72. The number of sulfonamides is 1. The average Bonchev–Trinajstić information content (AvgIpc) is 3.29. The summed E-state index contributed by atoms with van der Waals surface area (Å²) in [5, 5.41) is 11.9. The minimum atomic E-state index is -3.46. The summed E-state index contributed by atoms with van der Waals surface area (Å²) in [4.78, 5) is 8.88. The number of nitrogens with one attached hydrogen (secondary N) is 2. The number of hydrogen-bond acceptors (Lipinski definition) is 7. The van der Waals surface area contributed by atoms with Gasteiger partial charge >= 0.3 is 0 Å². The molecule has 156 valence electrons. The molecule has 3 aromatic heterocycles. The highest BCUT2D eigenvalue weighted by Crippen LogP contribution is 2.22. The molecule has 11 heteroatoms. The quantitative estimate of drug-likeness (QED) is 0.466. The zero-order valence-electron chi connectivity index (χ0n) is 16.8. The van der Waals surface area contributed by atoms with Gasteiger partial charge in [-0.25, -0.2) is 18.1 Å². The monoisotopic (exact) mass is 426 g/mol. The van der Waals surface area contributed by atoms with Gasteiger partial charge in [0.2, 0.25) is 16.0 Å². The second-order valence-corrected chi connectivity index (χ2v) is 9.39. The molecular formula is C19H22N8O2S. The van der Waals surface area contributed by atoms with E-state index < -0.39 is 15.3 Å². The molecule has 2 N–H and O–H groups in total. The first-order valence-corrected chi connectivity index (χ1v) is 10.9. The topological polar surface area (TPSA) is 120 Å². The molecular weight excluding hydrogens is 404 g/mol. The fourth-order valence-corrected chi connectivity index (χ4v) is 3.59. The van der Waals surface area contributed by atoms with E-state index in [0.29, 0.717) is 23.8 Å². The minimum absolute atomic E-state index is 0.351. The number of nitrogens with zero attached hydrogens (tertiary/aromatic N) is 6. The van der Waals surface area contributed by atoms with Crippen LogP contribution in [0, 0.1) is 0 Å². The average molecular weight is 427 g/mol. The zero-order valence-corrected chi connectivity index (χ0v) is 17.6. The summed E-state index contributed by atoms with van der Waals surface area (Å²) in [6.45, 7) is 3.63. The lowest BCUT2D eigenvalue weighted by Crippen LogP contribution is -2.23. The molecule has 0 aliphatic carbocycles. The van der Waals surface area contributed by atoms with Crippen LogP contribution in [0.25, 0.3) is 11.0 Å². The van der Waals surface area contributed by atoms with Crippen LogP contribution in [0.15, 0.2) is 49.1 Å². The normalized spacial score (nSPS) is 11.9. The lowest BCUT2D eigenvalue weighted by Gasteiger charge is -2.14. The Balaban J connectivity index is 1.64. The van der Waals surface area contributed by atoms with Gasteiger partial charge in [0.05, 0.1) is 40.9 Å². The lowest BCUT2D eigenvalue weighted by atomic mass is 10.2. The Morgan fingerprint density at radius 3 is 2.63 bits per heavy atom. The second-order valence-electron chi connectivity index (χ2n) is 7.16. The first kappa shape index (κ1) is 19.8. The van der Waals surface area contributed by atoms with Crippen LogP contribution in [-0.4, -0.2) is 43.2 Å². The van der Waals surface area contributed by atoms with Crippen LogP contribution < -0.4 is 10.0 Å². The molecule has 3 heterocycles. The third kappa shape index (κ3) is 4.10. The number of aryl methyl sites for hydroxylation is 1. The molecule has 1 aromatic carbocycles. The molecule has 0 bridgehead atoms. The summed E-state index contributed by atoms with van der Waals surface area (Å²) in [7, 11) is -1.63. The molecule has 0 unspecified atom stereocenters. The van der Waals surface area contributed by atoms with E-state index in [9.17, 15) is 8.42 Å². The number of aromatic nitrogens is 6. The smallest absolute Gasteiger partial charge is 0.235 e. The Kier molecular flexibility index (Phi) is 5.12. The molecule has 0 saturated carbocycles. The predicted molar refractivity (Wildman–Crippen MR) is 115 cm³/mol. The number of rotatable bonds is 7. The van der Waals surface area contributed by atoms with Gasteiger partial charge < -0.3 is 5.32 Å². The molecule has 0 radical (unpaired) electrons. The fraction of sp³-hybridized carbons (Fsp3) is 0.263. The van der Waals surface area contributed by atoms with E-state index in [-0.39, 0.29) is 0 Å². The van der Waals surface area contributed by atoms with Gasteiger partial charge in [-0.2, -0.15) is 15.2 Å². The van der Waals surface area contributed by atoms with E-state index in [2.05, 4.69) is 30.2 Å². The molecule has 0 aliphatic heterocycles. The molecule has 4 rings (SSSR count). The Hall–Kier alpha value is -3.47. The third-order valence-corrected chi connectivity index (χ3v) is 6.29. The van der Waals surface area contributed by atoms with Gasteiger partial charge in [-0.05, 0) is 25.5 Å². The van der Waals surface area contributed by atoms with Crippen molar-refractivity contribution in [2.45, 2.75) is 25.6 Å². The maximum Gasteiger partial charge on any atom is 0.235 e. The molecule has 4 aromatic rings. The van der Waals surface area contributed by atoms with Gasteiger partial charge in [0.1, 0.15) is 0 Å². The molecule has 30 heavy (non-hydrogen) atoms. The Morgan fingerprint density at radius 1 is 1.10 bits per heavy atom. The largest absolute Gasteiger partial charge is 0.321 e. The van der Waals surface area contributed by atoms with Gasteiger partial charge in [0.15, 0.2) is 5.65 Å². The van der Waals surface area contributed by atoms with Crippen molar-refractivity contribution in [3.8, 4) is 0 Å².